The van der Waals surface area contributed by atoms with Gasteiger partial charge in [0.2, 0.25) is 5.91 Å². The van der Waals surface area contributed by atoms with Crippen molar-refractivity contribution < 1.29 is 9.59 Å². The van der Waals surface area contributed by atoms with Crippen molar-refractivity contribution in [3.8, 4) is 0 Å². The van der Waals surface area contributed by atoms with E-state index in [-0.39, 0.29) is 11.8 Å². The van der Waals surface area contributed by atoms with Crippen molar-refractivity contribution in [2.24, 2.45) is 0 Å². The van der Waals surface area contributed by atoms with Crippen molar-refractivity contribution in [1.29, 1.82) is 0 Å². The number of anilines is 4. The third kappa shape index (κ3) is 4.86. The lowest BCUT2D eigenvalue weighted by atomic mass is 10.2. The molecule has 0 unspecified atom stereocenters. The second-order valence-corrected chi connectivity index (χ2v) is 6.59. The van der Waals surface area contributed by atoms with Crippen LogP contribution in [0.25, 0.3) is 0 Å². The van der Waals surface area contributed by atoms with E-state index in [1.54, 1.807) is 42.6 Å². The molecule has 0 saturated carbocycles. The molecule has 0 aliphatic heterocycles. The van der Waals surface area contributed by atoms with Gasteiger partial charge < -0.3 is 16.0 Å². The van der Waals surface area contributed by atoms with E-state index < -0.39 is 0 Å². The molecule has 2 amide bonds. The normalized spacial score (nSPS) is 10.2. The van der Waals surface area contributed by atoms with Gasteiger partial charge in [-0.1, -0.05) is 17.7 Å². The summed E-state index contributed by atoms with van der Waals surface area (Å²) < 4.78 is 0. The minimum Gasteiger partial charge on any atom is -0.340 e. The molecule has 7 heteroatoms. The highest BCUT2D eigenvalue weighted by Gasteiger charge is 2.09. The van der Waals surface area contributed by atoms with Gasteiger partial charge >= 0.3 is 0 Å². The fourth-order valence-electron chi connectivity index (χ4n) is 2.56. The molecule has 142 valence electrons. The highest BCUT2D eigenvalue weighted by Crippen LogP contribution is 2.25. The third-order valence-electron chi connectivity index (χ3n) is 4.02. The molecule has 0 atom stereocenters. The summed E-state index contributed by atoms with van der Waals surface area (Å²) in [4.78, 5) is 27.9. The molecule has 0 spiro atoms. The maximum absolute atomic E-state index is 12.5. The Bertz CT molecular complexity index is 1020. The first-order chi connectivity index (χ1) is 13.4. The highest BCUT2D eigenvalue weighted by molar-refractivity contribution is 6.31. The van der Waals surface area contributed by atoms with Crippen LogP contribution in [0.5, 0.6) is 0 Å². The molecule has 3 rings (SSSR count). The van der Waals surface area contributed by atoms with E-state index in [4.69, 9.17) is 11.6 Å². The highest BCUT2D eigenvalue weighted by atomic mass is 35.5. The number of hydrogen-bond acceptors (Lipinski definition) is 4. The van der Waals surface area contributed by atoms with E-state index in [1.807, 2.05) is 25.1 Å². The average molecular weight is 395 g/mol. The standard InChI is InChI=1S/C21H19ClN4O2/c1-13-18(22)4-3-5-19(13)26-20-12-15(10-11-23-20)21(28)25-17-8-6-16(7-9-17)24-14(2)27/h3-12H,1-2H3,(H,23,26)(H,24,27)(H,25,28). The van der Waals surface area contributed by atoms with Crippen LogP contribution in [0.3, 0.4) is 0 Å². The molecule has 0 saturated heterocycles. The molecule has 3 N–H and O–H groups in total. The molecule has 6 nitrogen and oxygen atoms in total. The summed E-state index contributed by atoms with van der Waals surface area (Å²) in [5.74, 6) is 0.128. The fourth-order valence-corrected chi connectivity index (χ4v) is 2.74. The number of rotatable bonds is 5. The summed E-state index contributed by atoms with van der Waals surface area (Å²) in [6.07, 6.45) is 1.57. The maximum atomic E-state index is 12.5. The Morgan fingerprint density at radius 1 is 0.964 bits per heavy atom. The van der Waals surface area contributed by atoms with Crippen LogP contribution in [0, 0.1) is 6.92 Å². The number of carbonyl (C=O) groups is 2. The zero-order valence-corrected chi connectivity index (χ0v) is 16.2. The summed E-state index contributed by atoms with van der Waals surface area (Å²) in [7, 11) is 0. The lowest BCUT2D eigenvalue weighted by molar-refractivity contribution is -0.114. The molecule has 3 aromatic rings. The Kier molecular flexibility index (Phi) is 5.91. The van der Waals surface area contributed by atoms with Crippen LogP contribution >= 0.6 is 11.6 Å². The van der Waals surface area contributed by atoms with Gasteiger partial charge in [-0.15, -0.1) is 0 Å². The van der Waals surface area contributed by atoms with Gasteiger partial charge in [0, 0.05) is 40.8 Å². The molecular weight excluding hydrogens is 376 g/mol. The van der Waals surface area contributed by atoms with Crippen LogP contribution in [0.1, 0.15) is 22.8 Å². The number of halogens is 1. The predicted molar refractivity (Wildman–Crippen MR) is 112 cm³/mol. The van der Waals surface area contributed by atoms with Crippen molar-refractivity contribution in [3.05, 3.63) is 76.9 Å². The van der Waals surface area contributed by atoms with Crippen LogP contribution in [0.4, 0.5) is 22.9 Å². The van der Waals surface area contributed by atoms with Gasteiger partial charge in [-0.3, -0.25) is 9.59 Å². The minimum atomic E-state index is -0.263. The Hall–Kier alpha value is -3.38. The smallest absolute Gasteiger partial charge is 0.255 e. The van der Waals surface area contributed by atoms with Gasteiger partial charge in [0.1, 0.15) is 5.82 Å². The third-order valence-corrected chi connectivity index (χ3v) is 4.43. The zero-order chi connectivity index (χ0) is 20.1. The summed E-state index contributed by atoms with van der Waals surface area (Å²) >= 11 is 6.14. The first-order valence-electron chi connectivity index (χ1n) is 8.59. The molecule has 0 fully saturated rings. The SMILES string of the molecule is CC(=O)Nc1ccc(NC(=O)c2ccnc(Nc3cccc(Cl)c3C)c2)cc1. The number of nitrogens with zero attached hydrogens (tertiary/aromatic N) is 1. The number of pyridine rings is 1. The van der Waals surface area contributed by atoms with Crippen LogP contribution in [0.2, 0.25) is 5.02 Å². The predicted octanol–water partition coefficient (Wildman–Crippen LogP) is 5.00. The molecule has 2 aromatic carbocycles. The Morgan fingerprint density at radius 3 is 2.32 bits per heavy atom. The minimum absolute atomic E-state index is 0.149. The lowest BCUT2D eigenvalue weighted by Crippen LogP contribution is -2.12. The second-order valence-electron chi connectivity index (χ2n) is 6.18. The molecule has 28 heavy (non-hydrogen) atoms. The summed E-state index contributed by atoms with van der Waals surface area (Å²) in [6.45, 7) is 3.35. The van der Waals surface area contributed by atoms with Gasteiger partial charge in [0.15, 0.2) is 0 Å². The molecular formula is C21H19ClN4O2. The summed E-state index contributed by atoms with van der Waals surface area (Å²) in [6, 6.07) is 15.7. The van der Waals surface area contributed by atoms with E-state index in [0.717, 1.165) is 11.3 Å². The molecule has 0 aliphatic rings. The first-order valence-corrected chi connectivity index (χ1v) is 8.97. The van der Waals surface area contributed by atoms with Crippen molar-refractivity contribution >= 4 is 46.3 Å². The number of aromatic nitrogens is 1. The summed E-state index contributed by atoms with van der Waals surface area (Å²) in [5, 5.41) is 9.34. The lowest BCUT2D eigenvalue weighted by Gasteiger charge is -2.11. The van der Waals surface area contributed by atoms with Crippen molar-refractivity contribution in [3.63, 3.8) is 0 Å². The maximum Gasteiger partial charge on any atom is 0.255 e. The van der Waals surface area contributed by atoms with E-state index in [0.29, 0.717) is 27.8 Å². The molecule has 1 aromatic heterocycles. The number of amides is 2. The topological polar surface area (TPSA) is 83.1 Å². The Labute approximate surface area is 168 Å². The number of hydrogen-bond donors (Lipinski definition) is 3. The average Bonchev–Trinajstić information content (AvgIpc) is 2.67. The largest absolute Gasteiger partial charge is 0.340 e. The Morgan fingerprint density at radius 2 is 1.64 bits per heavy atom. The van der Waals surface area contributed by atoms with Crippen molar-refractivity contribution in [2.45, 2.75) is 13.8 Å². The van der Waals surface area contributed by atoms with Gasteiger partial charge in [-0.25, -0.2) is 4.98 Å². The number of nitrogens with one attached hydrogen (secondary N) is 3. The molecule has 1 heterocycles. The van der Waals surface area contributed by atoms with Gasteiger partial charge in [0.25, 0.3) is 5.91 Å². The van der Waals surface area contributed by atoms with E-state index >= 15 is 0 Å². The summed E-state index contributed by atoms with van der Waals surface area (Å²) in [5.41, 5.74) is 3.48. The van der Waals surface area contributed by atoms with E-state index in [2.05, 4.69) is 20.9 Å². The second kappa shape index (κ2) is 8.54. The van der Waals surface area contributed by atoms with E-state index in [1.165, 1.54) is 6.92 Å². The zero-order valence-electron chi connectivity index (χ0n) is 15.4. The number of benzene rings is 2. The fraction of sp³-hybridized carbons (Fsp3) is 0.0952. The van der Waals surface area contributed by atoms with Crippen molar-refractivity contribution in [1.82, 2.24) is 4.98 Å². The van der Waals surface area contributed by atoms with Gasteiger partial charge in [-0.05, 0) is 61.0 Å². The first kappa shape index (κ1) is 19.4. The van der Waals surface area contributed by atoms with Gasteiger partial charge in [-0.2, -0.15) is 0 Å². The van der Waals surface area contributed by atoms with Gasteiger partial charge in [0.05, 0.1) is 0 Å². The van der Waals surface area contributed by atoms with E-state index in [9.17, 15) is 9.59 Å². The molecule has 0 aliphatic carbocycles. The van der Waals surface area contributed by atoms with Crippen LogP contribution < -0.4 is 16.0 Å². The Balaban J connectivity index is 1.71. The van der Waals surface area contributed by atoms with Crippen molar-refractivity contribution in [2.75, 3.05) is 16.0 Å². The monoisotopic (exact) mass is 394 g/mol. The molecule has 0 radical (unpaired) electrons. The number of carbonyl (C=O) groups excluding carboxylic acids is 2. The van der Waals surface area contributed by atoms with Crippen LogP contribution in [-0.4, -0.2) is 16.8 Å². The quantitative estimate of drug-likeness (QED) is 0.568. The van der Waals surface area contributed by atoms with Crippen LogP contribution in [-0.2, 0) is 4.79 Å². The van der Waals surface area contributed by atoms with Crippen LogP contribution in [0.15, 0.2) is 60.8 Å². The molecule has 0 bridgehead atoms.